The SMILES string of the molecule is CC(C)CNC(=O)c1cc(NC(=O)c2ccc(Cl)cc2)ccc1N1CCc2ccccc2C1. The topological polar surface area (TPSA) is 61.4 Å². The Balaban J connectivity index is 1.61. The summed E-state index contributed by atoms with van der Waals surface area (Å²) in [6.45, 7) is 6.29. The summed E-state index contributed by atoms with van der Waals surface area (Å²) in [6, 6.07) is 20.7. The molecule has 1 aliphatic heterocycles. The molecule has 5 nitrogen and oxygen atoms in total. The van der Waals surface area contributed by atoms with Gasteiger partial charge in [-0.3, -0.25) is 9.59 Å². The van der Waals surface area contributed by atoms with E-state index in [4.69, 9.17) is 11.6 Å². The van der Waals surface area contributed by atoms with Crippen molar-refractivity contribution in [3.8, 4) is 0 Å². The van der Waals surface area contributed by atoms with Gasteiger partial charge in [0.15, 0.2) is 0 Å². The van der Waals surface area contributed by atoms with E-state index in [2.05, 4.69) is 47.6 Å². The summed E-state index contributed by atoms with van der Waals surface area (Å²) in [5, 5.41) is 6.50. The summed E-state index contributed by atoms with van der Waals surface area (Å²) in [7, 11) is 0. The zero-order valence-corrected chi connectivity index (χ0v) is 19.7. The van der Waals surface area contributed by atoms with E-state index in [1.54, 1.807) is 30.3 Å². The lowest BCUT2D eigenvalue weighted by atomic mass is 9.98. The molecule has 1 heterocycles. The molecule has 0 aromatic heterocycles. The number of rotatable bonds is 6. The standard InChI is InChI=1S/C27H28ClN3O2/c1-18(2)16-29-27(33)24-15-23(30-26(32)20-7-9-22(28)10-8-20)11-12-25(24)31-14-13-19-5-3-4-6-21(19)17-31/h3-12,15,18H,13-14,16-17H2,1-2H3,(H,29,33)(H,30,32). The number of amides is 2. The van der Waals surface area contributed by atoms with Crippen LogP contribution in [0.4, 0.5) is 11.4 Å². The molecule has 6 heteroatoms. The fourth-order valence-electron chi connectivity index (χ4n) is 3.97. The summed E-state index contributed by atoms with van der Waals surface area (Å²) in [6.07, 6.45) is 0.929. The van der Waals surface area contributed by atoms with Crippen molar-refractivity contribution >= 4 is 34.8 Å². The number of nitrogens with one attached hydrogen (secondary N) is 2. The Morgan fingerprint density at radius 1 is 0.970 bits per heavy atom. The van der Waals surface area contributed by atoms with Gasteiger partial charge < -0.3 is 15.5 Å². The van der Waals surface area contributed by atoms with Gasteiger partial charge in [-0.25, -0.2) is 0 Å². The first kappa shape index (κ1) is 22.9. The normalized spacial score (nSPS) is 12.9. The molecule has 2 amide bonds. The Morgan fingerprint density at radius 3 is 2.42 bits per heavy atom. The molecule has 0 unspecified atom stereocenters. The summed E-state index contributed by atoms with van der Waals surface area (Å²) >= 11 is 5.93. The minimum Gasteiger partial charge on any atom is -0.366 e. The van der Waals surface area contributed by atoms with Gasteiger partial charge in [0.05, 0.1) is 5.56 Å². The van der Waals surface area contributed by atoms with Gasteiger partial charge in [-0.1, -0.05) is 49.7 Å². The number of benzene rings is 3. The molecule has 3 aromatic carbocycles. The van der Waals surface area contributed by atoms with Crippen molar-refractivity contribution in [1.82, 2.24) is 5.32 Å². The Morgan fingerprint density at radius 2 is 1.70 bits per heavy atom. The Labute approximate surface area is 199 Å². The first-order chi connectivity index (χ1) is 15.9. The van der Waals surface area contributed by atoms with E-state index >= 15 is 0 Å². The smallest absolute Gasteiger partial charge is 0.255 e. The number of carbonyl (C=O) groups excluding carboxylic acids is 2. The van der Waals surface area contributed by atoms with E-state index in [9.17, 15) is 9.59 Å². The second kappa shape index (κ2) is 10.1. The largest absolute Gasteiger partial charge is 0.366 e. The van der Waals surface area contributed by atoms with Crippen LogP contribution in [0.15, 0.2) is 66.7 Å². The molecular weight excluding hydrogens is 434 g/mol. The molecular formula is C27H28ClN3O2. The van der Waals surface area contributed by atoms with E-state index in [1.165, 1.54) is 11.1 Å². The summed E-state index contributed by atoms with van der Waals surface area (Å²) < 4.78 is 0. The molecule has 0 saturated heterocycles. The molecule has 0 spiro atoms. The number of hydrogen-bond acceptors (Lipinski definition) is 3. The fraction of sp³-hybridized carbons (Fsp3) is 0.259. The molecule has 0 aliphatic carbocycles. The minimum absolute atomic E-state index is 0.139. The monoisotopic (exact) mass is 461 g/mol. The van der Waals surface area contributed by atoms with Crippen LogP contribution in [-0.2, 0) is 13.0 Å². The van der Waals surface area contributed by atoms with Crippen molar-refractivity contribution in [2.24, 2.45) is 5.92 Å². The predicted octanol–water partition coefficient (Wildman–Crippen LogP) is 5.54. The van der Waals surface area contributed by atoms with Crippen molar-refractivity contribution in [1.29, 1.82) is 0 Å². The second-order valence-corrected chi connectivity index (χ2v) is 9.17. The van der Waals surface area contributed by atoms with Gasteiger partial charge in [0, 0.05) is 41.6 Å². The third-order valence-electron chi connectivity index (χ3n) is 5.75. The zero-order valence-electron chi connectivity index (χ0n) is 18.9. The van der Waals surface area contributed by atoms with Gasteiger partial charge in [-0.15, -0.1) is 0 Å². The maximum Gasteiger partial charge on any atom is 0.255 e. The van der Waals surface area contributed by atoms with Crippen molar-refractivity contribution in [2.75, 3.05) is 23.3 Å². The molecule has 0 atom stereocenters. The molecule has 1 aliphatic rings. The average Bonchev–Trinajstić information content (AvgIpc) is 2.82. The highest BCUT2D eigenvalue weighted by Gasteiger charge is 2.22. The average molecular weight is 462 g/mol. The van der Waals surface area contributed by atoms with Crippen molar-refractivity contribution in [2.45, 2.75) is 26.8 Å². The highest BCUT2D eigenvalue weighted by Crippen LogP contribution is 2.30. The van der Waals surface area contributed by atoms with Crippen LogP contribution >= 0.6 is 11.6 Å². The summed E-state index contributed by atoms with van der Waals surface area (Å²) in [5.74, 6) is -0.0490. The number of nitrogens with zero attached hydrogens (tertiary/aromatic N) is 1. The number of hydrogen-bond donors (Lipinski definition) is 2. The maximum atomic E-state index is 13.1. The van der Waals surface area contributed by atoms with Gasteiger partial charge in [0.1, 0.15) is 0 Å². The number of carbonyl (C=O) groups is 2. The van der Waals surface area contributed by atoms with Gasteiger partial charge in [-0.2, -0.15) is 0 Å². The molecule has 33 heavy (non-hydrogen) atoms. The highest BCUT2D eigenvalue weighted by molar-refractivity contribution is 6.30. The van der Waals surface area contributed by atoms with Crippen LogP contribution in [0.3, 0.4) is 0 Å². The fourth-order valence-corrected chi connectivity index (χ4v) is 4.10. The van der Waals surface area contributed by atoms with Crippen LogP contribution in [-0.4, -0.2) is 24.9 Å². The van der Waals surface area contributed by atoms with Crippen molar-refractivity contribution in [3.63, 3.8) is 0 Å². The van der Waals surface area contributed by atoms with E-state index in [1.807, 2.05) is 18.2 Å². The predicted molar refractivity (Wildman–Crippen MR) is 134 cm³/mol. The second-order valence-electron chi connectivity index (χ2n) is 8.74. The zero-order chi connectivity index (χ0) is 23.4. The van der Waals surface area contributed by atoms with Crippen LogP contribution in [0.2, 0.25) is 5.02 Å². The van der Waals surface area contributed by atoms with E-state index < -0.39 is 0 Å². The maximum absolute atomic E-state index is 13.1. The lowest BCUT2D eigenvalue weighted by molar-refractivity contribution is 0.0948. The molecule has 170 valence electrons. The van der Waals surface area contributed by atoms with Crippen LogP contribution in [0.5, 0.6) is 0 Å². The van der Waals surface area contributed by atoms with Gasteiger partial charge in [0.25, 0.3) is 11.8 Å². The van der Waals surface area contributed by atoms with Crippen LogP contribution < -0.4 is 15.5 Å². The van der Waals surface area contributed by atoms with Gasteiger partial charge in [-0.05, 0) is 65.9 Å². The third kappa shape index (κ3) is 5.55. The Hall–Kier alpha value is -3.31. The number of anilines is 2. The molecule has 2 N–H and O–H groups in total. The number of fused-ring (bicyclic) bond motifs is 1. The van der Waals surface area contributed by atoms with Crippen LogP contribution in [0.1, 0.15) is 45.7 Å². The highest BCUT2D eigenvalue weighted by atomic mass is 35.5. The van der Waals surface area contributed by atoms with Gasteiger partial charge in [0.2, 0.25) is 0 Å². The van der Waals surface area contributed by atoms with E-state index in [0.29, 0.717) is 34.3 Å². The Bertz CT molecular complexity index is 1160. The number of halogens is 1. The molecule has 3 aromatic rings. The molecule has 0 saturated carbocycles. The van der Waals surface area contributed by atoms with Crippen LogP contribution in [0, 0.1) is 5.92 Å². The first-order valence-electron chi connectivity index (χ1n) is 11.2. The van der Waals surface area contributed by atoms with Crippen molar-refractivity contribution < 1.29 is 9.59 Å². The quantitative estimate of drug-likeness (QED) is 0.506. The Kier molecular flexibility index (Phi) is 6.99. The molecule has 0 bridgehead atoms. The van der Waals surface area contributed by atoms with Crippen molar-refractivity contribution in [3.05, 3.63) is 94.0 Å². The summed E-state index contributed by atoms with van der Waals surface area (Å²) in [5.41, 5.74) is 5.13. The van der Waals surface area contributed by atoms with Gasteiger partial charge >= 0.3 is 0 Å². The van der Waals surface area contributed by atoms with E-state index in [0.717, 1.165) is 25.2 Å². The third-order valence-corrected chi connectivity index (χ3v) is 6.00. The van der Waals surface area contributed by atoms with E-state index in [-0.39, 0.29) is 11.8 Å². The lowest BCUT2D eigenvalue weighted by Gasteiger charge is -2.32. The minimum atomic E-state index is -0.250. The molecule has 4 rings (SSSR count). The molecule has 0 fully saturated rings. The molecule has 0 radical (unpaired) electrons. The van der Waals surface area contributed by atoms with Crippen LogP contribution in [0.25, 0.3) is 0 Å². The lowest BCUT2D eigenvalue weighted by Crippen LogP contribution is -2.34. The summed E-state index contributed by atoms with van der Waals surface area (Å²) in [4.78, 5) is 28.1. The first-order valence-corrected chi connectivity index (χ1v) is 11.6.